The molecule has 2 aliphatic heterocycles. The van der Waals surface area contributed by atoms with E-state index in [-0.39, 0.29) is 24.4 Å². The molecule has 25 heavy (non-hydrogen) atoms. The second kappa shape index (κ2) is 8.99. The number of carbonyl (C=O) groups is 2. The van der Waals surface area contributed by atoms with E-state index in [9.17, 15) is 9.59 Å². The summed E-state index contributed by atoms with van der Waals surface area (Å²) in [5, 5.41) is 3.14. The van der Waals surface area contributed by atoms with Crippen LogP contribution in [-0.2, 0) is 16.0 Å². The van der Waals surface area contributed by atoms with E-state index >= 15 is 0 Å². The van der Waals surface area contributed by atoms with E-state index in [0.717, 1.165) is 58.3 Å². The Bertz CT molecular complexity index is 576. The molecule has 136 valence electrons. The Morgan fingerprint density at radius 1 is 1.12 bits per heavy atom. The first-order chi connectivity index (χ1) is 12.2. The van der Waals surface area contributed by atoms with Crippen LogP contribution in [0.15, 0.2) is 30.3 Å². The molecule has 0 radical (unpaired) electrons. The quantitative estimate of drug-likeness (QED) is 0.857. The molecule has 2 amide bonds. The van der Waals surface area contributed by atoms with Crippen molar-refractivity contribution in [3.63, 3.8) is 0 Å². The minimum Gasteiger partial charge on any atom is -0.351 e. The SMILES string of the molecule is O=C(CN1CCCCC1=O)N[C@@H]1CCCN(CCc2ccccc2)C1. The van der Waals surface area contributed by atoms with Crippen molar-refractivity contribution in [1.82, 2.24) is 15.1 Å². The molecule has 3 rings (SSSR count). The summed E-state index contributed by atoms with van der Waals surface area (Å²) < 4.78 is 0. The third-order valence-electron chi connectivity index (χ3n) is 5.19. The highest BCUT2D eigenvalue weighted by molar-refractivity contribution is 5.85. The standard InChI is InChI=1S/C20H29N3O2/c24-19(16-23-13-5-4-10-20(23)25)21-18-9-6-12-22(15-18)14-11-17-7-2-1-3-8-17/h1-3,7-8,18H,4-6,9-16H2,(H,21,24)/t18-/m1/s1. The van der Waals surface area contributed by atoms with Gasteiger partial charge in [-0.15, -0.1) is 0 Å². The van der Waals surface area contributed by atoms with Crippen molar-refractivity contribution in [1.29, 1.82) is 0 Å². The van der Waals surface area contributed by atoms with Crippen LogP contribution in [0.1, 0.15) is 37.7 Å². The van der Waals surface area contributed by atoms with Crippen molar-refractivity contribution in [2.75, 3.05) is 32.7 Å². The van der Waals surface area contributed by atoms with Crippen LogP contribution in [0.25, 0.3) is 0 Å². The second-order valence-corrected chi connectivity index (χ2v) is 7.22. The lowest BCUT2D eigenvalue weighted by Gasteiger charge is -2.34. The Hall–Kier alpha value is -1.88. The zero-order valence-corrected chi connectivity index (χ0v) is 15.0. The first-order valence-corrected chi connectivity index (χ1v) is 9.54. The summed E-state index contributed by atoms with van der Waals surface area (Å²) in [6.07, 6.45) is 5.74. The van der Waals surface area contributed by atoms with Gasteiger partial charge in [0.25, 0.3) is 0 Å². The zero-order chi connectivity index (χ0) is 17.5. The van der Waals surface area contributed by atoms with Gasteiger partial charge in [0.1, 0.15) is 0 Å². The van der Waals surface area contributed by atoms with Gasteiger partial charge < -0.3 is 15.1 Å². The molecule has 0 aliphatic carbocycles. The zero-order valence-electron chi connectivity index (χ0n) is 15.0. The number of hydrogen-bond acceptors (Lipinski definition) is 3. The van der Waals surface area contributed by atoms with Crippen molar-refractivity contribution in [2.45, 2.75) is 44.6 Å². The van der Waals surface area contributed by atoms with E-state index in [1.54, 1.807) is 4.90 Å². The van der Waals surface area contributed by atoms with Gasteiger partial charge in [0, 0.05) is 32.1 Å². The molecule has 0 aromatic heterocycles. The van der Waals surface area contributed by atoms with Crippen molar-refractivity contribution in [3.8, 4) is 0 Å². The van der Waals surface area contributed by atoms with E-state index < -0.39 is 0 Å². The van der Waals surface area contributed by atoms with Gasteiger partial charge in [-0.2, -0.15) is 0 Å². The summed E-state index contributed by atoms with van der Waals surface area (Å²) >= 11 is 0. The Labute approximate surface area is 150 Å². The van der Waals surface area contributed by atoms with Gasteiger partial charge in [-0.3, -0.25) is 9.59 Å². The molecule has 2 saturated heterocycles. The van der Waals surface area contributed by atoms with Gasteiger partial charge in [0.15, 0.2) is 0 Å². The van der Waals surface area contributed by atoms with Crippen LogP contribution in [-0.4, -0.2) is 60.4 Å². The Morgan fingerprint density at radius 3 is 2.76 bits per heavy atom. The molecule has 5 nitrogen and oxygen atoms in total. The van der Waals surface area contributed by atoms with Crippen LogP contribution < -0.4 is 5.32 Å². The molecular weight excluding hydrogens is 314 g/mol. The van der Waals surface area contributed by atoms with Gasteiger partial charge in [0.05, 0.1) is 6.54 Å². The van der Waals surface area contributed by atoms with Crippen LogP contribution in [0.5, 0.6) is 0 Å². The third kappa shape index (κ3) is 5.56. The molecule has 1 N–H and O–H groups in total. The van der Waals surface area contributed by atoms with E-state index in [0.29, 0.717) is 6.42 Å². The van der Waals surface area contributed by atoms with E-state index in [1.807, 2.05) is 6.07 Å². The Balaban J connectivity index is 1.41. The lowest BCUT2D eigenvalue weighted by Crippen LogP contribution is -2.51. The van der Waals surface area contributed by atoms with Crippen LogP contribution in [0, 0.1) is 0 Å². The highest BCUT2D eigenvalue weighted by atomic mass is 16.2. The van der Waals surface area contributed by atoms with Crippen LogP contribution in [0.2, 0.25) is 0 Å². The fourth-order valence-electron chi connectivity index (χ4n) is 3.78. The number of nitrogens with zero attached hydrogens (tertiary/aromatic N) is 2. The van der Waals surface area contributed by atoms with E-state index in [4.69, 9.17) is 0 Å². The minimum absolute atomic E-state index is 0.00911. The van der Waals surface area contributed by atoms with Gasteiger partial charge in [-0.25, -0.2) is 0 Å². The summed E-state index contributed by atoms with van der Waals surface area (Å²) in [7, 11) is 0. The smallest absolute Gasteiger partial charge is 0.239 e. The summed E-state index contributed by atoms with van der Waals surface area (Å²) in [4.78, 5) is 28.3. The topological polar surface area (TPSA) is 52.7 Å². The molecular formula is C20H29N3O2. The highest BCUT2D eigenvalue weighted by Crippen LogP contribution is 2.13. The van der Waals surface area contributed by atoms with Crippen LogP contribution >= 0.6 is 0 Å². The van der Waals surface area contributed by atoms with E-state index in [2.05, 4.69) is 34.5 Å². The molecule has 2 heterocycles. The summed E-state index contributed by atoms with van der Waals surface area (Å²) in [5.41, 5.74) is 1.36. The number of nitrogens with one attached hydrogen (secondary N) is 1. The third-order valence-corrected chi connectivity index (χ3v) is 5.19. The van der Waals surface area contributed by atoms with Gasteiger partial charge >= 0.3 is 0 Å². The molecule has 1 atom stereocenters. The number of likely N-dealkylation sites (tertiary alicyclic amines) is 2. The Kier molecular flexibility index (Phi) is 6.45. The Morgan fingerprint density at radius 2 is 1.96 bits per heavy atom. The van der Waals surface area contributed by atoms with Crippen molar-refractivity contribution < 1.29 is 9.59 Å². The monoisotopic (exact) mass is 343 g/mol. The number of amides is 2. The first kappa shape index (κ1) is 17.9. The predicted octanol–water partition coefficient (Wildman–Crippen LogP) is 1.82. The average molecular weight is 343 g/mol. The van der Waals surface area contributed by atoms with Gasteiger partial charge in [-0.05, 0) is 44.2 Å². The highest BCUT2D eigenvalue weighted by Gasteiger charge is 2.24. The summed E-state index contributed by atoms with van der Waals surface area (Å²) in [5.74, 6) is 0.111. The maximum absolute atomic E-state index is 12.3. The fourth-order valence-corrected chi connectivity index (χ4v) is 3.78. The predicted molar refractivity (Wildman–Crippen MR) is 98.2 cm³/mol. The number of benzene rings is 1. The minimum atomic E-state index is -0.00911. The van der Waals surface area contributed by atoms with Gasteiger partial charge in [-0.1, -0.05) is 30.3 Å². The molecule has 5 heteroatoms. The van der Waals surface area contributed by atoms with Crippen LogP contribution in [0.3, 0.4) is 0 Å². The second-order valence-electron chi connectivity index (χ2n) is 7.22. The average Bonchev–Trinajstić information content (AvgIpc) is 2.63. The van der Waals surface area contributed by atoms with Crippen molar-refractivity contribution >= 4 is 11.8 Å². The fraction of sp³-hybridized carbons (Fsp3) is 0.600. The lowest BCUT2D eigenvalue weighted by molar-refractivity contribution is -0.138. The molecule has 0 unspecified atom stereocenters. The first-order valence-electron chi connectivity index (χ1n) is 9.54. The largest absolute Gasteiger partial charge is 0.351 e. The number of carbonyl (C=O) groups excluding carboxylic acids is 2. The number of piperidine rings is 2. The summed E-state index contributed by atoms with van der Waals surface area (Å²) in [6, 6.07) is 10.7. The molecule has 2 fully saturated rings. The molecule has 0 bridgehead atoms. The summed E-state index contributed by atoms with van der Waals surface area (Å²) in [6.45, 7) is 3.98. The normalized spacial score (nSPS) is 22.0. The number of rotatable bonds is 6. The molecule has 1 aromatic rings. The molecule has 0 spiro atoms. The van der Waals surface area contributed by atoms with E-state index in [1.165, 1.54) is 5.56 Å². The lowest BCUT2D eigenvalue weighted by atomic mass is 10.0. The van der Waals surface area contributed by atoms with Gasteiger partial charge in [0.2, 0.25) is 11.8 Å². The maximum atomic E-state index is 12.3. The molecule has 2 aliphatic rings. The molecule has 0 saturated carbocycles. The maximum Gasteiger partial charge on any atom is 0.239 e. The van der Waals surface area contributed by atoms with Crippen molar-refractivity contribution in [2.24, 2.45) is 0 Å². The number of hydrogen-bond donors (Lipinski definition) is 1. The van der Waals surface area contributed by atoms with Crippen molar-refractivity contribution in [3.05, 3.63) is 35.9 Å². The molecule has 1 aromatic carbocycles. The van der Waals surface area contributed by atoms with Crippen LogP contribution in [0.4, 0.5) is 0 Å².